The van der Waals surface area contributed by atoms with Crippen LogP contribution < -0.4 is 16.2 Å². The van der Waals surface area contributed by atoms with Crippen LogP contribution in [0.3, 0.4) is 0 Å². The first kappa shape index (κ1) is 25.6. The van der Waals surface area contributed by atoms with Gasteiger partial charge in [0.15, 0.2) is 0 Å². The van der Waals surface area contributed by atoms with E-state index >= 15 is 0 Å². The zero-order valence-electron chi connectivity index (χ0n) is 18.7. The van der Waals surface area contributed by atoms with Crippen molar-refractivity contribution in [2.24, 2.45) is 0 Å². The molecule has 3 amide bonds. The maximum Gasteiger partial charge on any atom is 0.305 e. The van der Waals surface area contributed by atoms with Crippen LogP contribution in [0.1, 0.15) is 49.7 Å². The summed E-state index contributed by atoms with van der Waals surface area (Å²) in [6, 6.07) is 19.4. The molecule has 3 N–H and O–H groups in total. The fourth-order valence-corrected chi connectivity index (χ4v) is 2.95. The topological polar surface area (TPSA) is 114 Å². The van der Waals surface area contributed by atoms with Crippen molar-refractivity contribution in [3.05, 3.63) is 71.8 Å². The van der Waals surface area contributed by atoms with Crippen LogP contribution in [0, 0.1) is 0 Å². The monoisotopic (exact) mass is 453 g/mol. The predicted molar refractivity (Wildman–Crippen MR) is 123 cm³/mol. The molecule has 0 bridgehead atoms. The summed E-state index contributed by atoms with van der Waals surface area (Å²) in [7, 11) is 0. The minimum absolute atomic E-state index is 0.0185. The molecule has 33 heavy (non-hydrogen) atoms. The van der Waals surface area contributed by atoms with Crippen LogP contribution in [0.5, 0.6) is 0 Å². The van der Waals surface area contributed by atoms with Crippen LogP contribution in [0.2, 0.25) is 0 Å². The van der Waals surface area contributed by atoms with E-state index in [-0.39, 0.29) is 37.6 Å². The zero-order valence-corrected chi connectivity index (χ0v) is 18.7. The standard InChI is InChI=1S/C25H31N3O5/c29-22(26-19-21-11-5-2-6-12-21)16-17-24(31)28-27-23(30)14-7-15-25(32)33-18-8-13-20-9-3-1-4-10-20/h1-6,9-12H,7-8,13-19H2,(H,26,29)(H,27,30)(H,28,31). The number of amides is 3. The largest absolute Gasteiger partial charge is 0.466 e. The van der Waals surface area contributed by atoms with Crippen LogP contribution in [-0.4, -0.2) is 30.3 Å². The van der Waals surface area contributed by atoms with E-state index in [0.29, 0.717) is 19.6 Å². The third-order valence-electron chi connectivity index (χ3n) is 4.75. The summed E-state index contributed by atoms with van der Waals surface area (Å²) in [6.07, 6.45) is 2.09. The molecule has 0 fully saturated rings. The highest BCUT2D eigenvalue weighted by Crippen LogP contribution is 2.04. The van der Waals surface area contributed by atoms with Gasteiger partial charge >= 0.3 is 5.97 Å². The molecule has 2 aromatic rings. The van der Waals surface area contributed by atoms with Crippen LogP contribution >= 0.6 is 0 Å². The van der Waals surface area contributed by atoms with E-state index in [0.717, 1.165) is 18.4 Å². The summed E-state index contributed by atoms with van der Waals surface area (Å²) < 4.78 is 5.17. The molecular formula is C25H31N3O5. The Kier molecular flexibility index (Phi) is 11.8. The number of carbonyl (C=O) groups is 4. The molecule has 176 valence electrons. The highest BCUT2D eigenvalue weighted by Gasteiger charge is 2.10. The van der Waals surface area contributed by atoms with Gasteiger partial charge in [-0.3, -0.25) is 30.0 Å². The number of aryl methyl sites for hydroxylation is 1. The maximum atomic E-state index is 11.8. The number of hydrazine groups is 1. The summed E-state index contributed by atoms with van der Waals surface area (Å²) >= 11 is 0. The first-order valence-electron chi connectivity index (χ1n) is 11.1. The lowest BCUT2D eigenvalue weighted by atomic mass is 10.1. The van der Waals surface area contributed by atoms with E-state index in [9.17, 15) is 19.2 Å². The Hall–Kier alpha value is -3.68. The Balaban J connectivity index is 1.45. The molecule has 0 aliphatic carbocycles. The number of hydrogen-bond acceptors (Lipinski definition) is 5. The van der Waals surface area contributed by atoms with Gasteiger partial charge in [-0.1, -0.05) is 60.7 Å². The van der Waals surface area contributed by atoms with Gasteiger partial charge in [-0.25, -0.2) is 0 Å². The number of carbonyl (C=O) groups excluding carboxylic acids is 4. The molecule has 0 saturated heterocycles. The summed E-state index contributed by atoms with van der Waals surface area (Å²) in [5.74, 6) is -1.46. The smallest absolute Gasteiger partial charge is 0.305 e. The summed E-state index contributed by atoms with van der Waals surface area (Å²) in [6.45, 7) is 0.738. The minimum atomic E-state index is -0.462. The third kappa shape index (κ3) is 12.1. The molecule has 0 unspecified atom stereocenters. The van der Waals surface area contributed by atoms with E-state index in [1.165, 1.54) is 5.56 Å². The van der Waals surface area contributed by atoms with Crippen molar-refractivity contribution in [2.45, 2.75) is 51.5 Å². The predicted octanol–water partition coefficient (Wildman–Crippen LogP) is 2.58. The Morgan fingerprint density at radius 2 is 1.21 bits per heavy atom. The molecule has 8 nitrogen and oxygen atoms in total. The van der Waals surface area contributed by atoms with E-state index in [1.807, 2.05) is 60.7 Å². The number of hydrogen-bond donors (Lipinski definition) is 3. The SMILES string of the molecule is O=C(CCC(=O)NNC(=O)CCCC(=O)OCCCc1ccccc1)NCc1ccccc1. The van der Waals surface area contributed by atoms with E-state index in [4.69, 9.17) is 4.74 Å². The molecule has 0 heterocycles. The van der Waals surface area contributed by atoms with Gasteiger partial charge < -0.3 is 10.1 Å². The van der Waals surface area contributed by atoms with Gasteiger partial charge in [0.05, 0.1) is 6.61 Å². The minimum Gasteiger partial charge on any atom is -0.466 e. The van der Waals surface area contributed by atoms with Gasteiger partial charge in [0, 0.05) is 32.2 Å². The van der Waals surface area contributed by atoms with Crippen molar-refractivity contribution in [2.75, 3.05) is 6.61 Å². The zero-order chi connectivity index (χ0) is 23.7. The Labute approximate surface area is 194 Å². The lowest BCUT2D eigenvalue weighted by molar-refractivity contribution is -0.144. The molecule has 0 aromatic heterocycles. The van der Waals surface area contributed by atoms with Crippen molar-refractivity contribution >= 4 is 23.7 Å². The average molecular weight is 454 g/mol. The molecule has 0 atom stereocenters. The normalized spacial score (nSPS) is 10.2. The van der Waals surface area contributed by atoms with Crippen molar-refractivity contribution < 1.29 is 23.9 Å². The highest BCUT2D eigenvalue weighted by molar-refractivity contribution is 5.85. The van der Waals surface area contributed by atoms with Gasteiger partial charge in [-0.15, -0.1) is 0 Å². The summed E-state index contributed by atoms with van der Waals surface area (Å²) in [5, 5.41) is 2.73. The molecule has 2 rings (SSSR count). The van der Waals surface area contributed by atoms with Crippen molar-refractivity contribution in [3.63, 3.8) is 0 Å². The fourth-order valence-electron chi connectivity index (χ4n) is 2.95. The van der Waals surface area contributed by atoms with E-state index < -0.39 is 11.8 Å². The molecule has 0 aliphatic rings. The van der Waals surface area contributed by atoms with Crippen molar-refractivity contribution in [1.82, 2.24) is 16.2 Å². The van der Waals surface area contributed by atoms with Crippen molar-refractivity contribution in [1.29, 1.82) is 0 Å². The van der Waals surface area contributed by atoms with Gasteiger partial charge in [0.25, 0.3) is 0 Å². The van der Waals surface area contributed by atoms with Gasteiger partial charge in [0.1, 0.15) is 0 Å². The molecule has 0 saturated carbocycles. The number of benzene rings is 2. The van der Waals surface area contributed by atoms with E-state index in [1.54, 1.807) is 0 Å². The van der Waals surface area contributed by atoms with Crippen LogP contribution in [0.15, 0.2) is 60.7 Å². The molecule has 0 spiro atoms. The Morgan fingerprint density at radius 3 is 1.88 bits per heavy atom. The quantitative estimate of drug-likeness (QED) is 0.245. The Bertz CT molecular complexity index is 887. The highest BCUT2D eigenvalue weighted by atomic mass is 16.5. The molecule has 8 heteroatoms. The number of nitrogens with one attached hydrogen (secondary N) is 3. The van der Waals surface area contributed by atoms with Crippen LogP contribution in [0.25, 0.3) is 0 Å². The molecule has 0 radical (unpaired) electrons. The first-order chi connectivity index (χ1) is 16.0. The molecule has 2 aromatic carbocycles. The fraction of sp³-hybridized carbons (Fsp3) is 0.360. The van der Waals surface area contributed by atoms with Crippen LogP contribution in [-0.2, 0) is 36.9 Å². The number of ether oxygens (including phenoxy) is 1. The maximum absolute atomic E-state index is 11.8. The average Bonchev–Trinajstić information content (AvgIpc) is 2.84. The second-order valence-electron chi connectivity index (χ2n) is 7.52. The second-order valence-corrected chi connectivity index (χ2v) is 7.52. The lowest BCUT2D eigenvalue weighted by Crippen LogP contribution is -2.41. The summed E-state index contributed by atoms with van der Waals surface area (Å²) in [4.78, 5) is 47.1. The van der Waals surface area contributed by atoms with Crippen LogP contribution in [0.4, 0.5) is 0 Å². The molecule has 0 aliphatic heterocycles. The summed E-state index contributed by atoms with van der Waals surface area (Å²) in [5.41, 5.74) is 6.72. The van der Waals surface area contributed by atoms with E-state index in [2.05, 4.69) is 16.2 Å². The second kappa shape index (κ2) is 15.2. The number of esters is 1. The first-order valence-corrected chi connectivity index (χ1v) is 11.1. The Morgan fingerprint density at radius 1 is 0.636 bits per heavy atom. The lowest BCUT2D eigenvalue weighted by Gasteiger charge is -2.08. The third-order valence-corrected chi connectivity index (χ3v) is 4.75. The molecular weight excluding hydrogens is 422 g/mol. The van der Waals surface area contributed by atoms with Gasteiger partial charge in [-0.05, 0) is 30.4 Å². The van der Waals surface area contributed by atoms with Gasteiger partial charge in [0.2, 0.25) is 17.7 Å². The van der Waals surface area contributed by atoms with Crippen molar-refractivity contribution in [3.8, 4) is 0 Å². The number of rotatable bonds is 13. The van der Waals surface area contributed by atoms with Gasteiger partial charge in [-0.2, -0.15) is 0 Å².